The molecule has 24 heavy (non-hydrogen) atoms. The van der Waals surface area contributed by atoms with Crippen molar-refractivity contribution < 1.29 is 9.59 Å². The summed E-state index contributed by atoms with van der Waals surface area (Å²) in [5.74, 6) is 0.780. The molecule has 0 spiro atoms. The van der Waals surface area contributed by atoms with E-state index >= 15 is 0 Å². The van der Waals surface area contributed by atoms with Crippen molar-refractivity contribution in [3.8, 4) is 0 Å². The molecule has 3 amide bonds. The lowest BCUT2D eigenvalue weighted by Crippen LogP contribution is -2.46. The number of carbonyl (C=O) groups is 2. The van der Waals surface area contributed by atoms with Crippen LogP contribution in [0.1, 0.15) is 32.1 Å². The Balaban J connectivity index is 1.51. The molecule has 0 aromatic heterocycles. The van der Waals surface area contributed by atoms with E-state index in [-0.39, 0.29) is 24.5 Å². The zero-order valence-electron chi connectivity index (χ0n) is 14.5. The minimum Gasteiger partial charge on any atom is -0.353 e. The van der Waals surface area contributed by atoms with Crippen molar-refractivity contribution in [2.45, 2.75) is 50.2 Å². The second-order valence-corrected chi connectivity index (χ2v) is 7.17. The minimum absolute atomic E-state index is 0.0113. The SMILES string of the molecule is CN(C)C(=O)CN=C(NC1CC1)N1CCC(NC(=O)NC2CC2)C1. The molecule has 0 aromatic carbocycles. The third-order valence-corrected chi connectivity index (χ3v) is 4.51. The number of hydrogen-bond donors (Lipinski definition) is 3. The maximum atomic E-state index is 11.9. The zero-order valence-corrected chi connectivity index (χ0v) is 14.5. The normalized spacial score (nSPS) is 23.8. The first-order chi connectivity index (χ1) is 11.5. The van der Waals surface area contributed by atoms with Gasteiger partial charge in [-0.15, -0.1) is 0 Å². The van der Waals surface area contributed by atoms with Gasteiger partial charge in [0.1, 0.15) is 6.54 Å². The van der Waals surface area contributed by atoms with Crippen LogP contribution in [0.3, 0.4) is 0 Å². The third kappa shape index (κ3) is 5.01. The number of likely N-dealkylation sites (N-methyl/N-ethyl adjacent to an activating group) is 1. The lowest BCUT2D eigenvalue weighted by atomic mass is 10.3. The first kappa shape index (κ1) is 16.9. The molecule has 1 aliphatic heterocycles. The van der Waals surface area contributed by atoms with E-state index in [0.717, 1.165) is 51.2 Å². The summed E-state index contributed by atoms with van der Waals surface area (Å²) in [7, 11) is 3.47. The van der Waals surface area contributed by atoms with Crippen LogP contribution in [-0.4, -0.2) is 79.6 Å². The lowest BCUT2D eigenvalue weighted by molar-refractivity contribution is -0.127. The number of hydrogen-bond acceptors (Lipinski definition) is 3. The van der Waals surface area contributed by atoms with Gasteiger partial charge in [-0.05, 0) is 32.1 Å². The van der Waals surface area contributed by atoms with Gasteiger partial charge in [0.2, 0.25) is 5.91 Å². The fourth-order valence-corrected chi connectivity index (χ4v) is 2.64. The third-order valence-electron chi connectivity index (χ3n) is 4.51. The number of nitrogens with zero attached hydrogens (tertiary/aromatic N) is 3. The Bertz CT molecular complexity index is 513. The summed E-state index contributed by atoms with van der Waals surface area (Å²) in [5, 5.41) is 9.41. The number of likely N-dealkylation sites (tertiary alicyclic amines) is 1. The van der Waals surface area contributed by atoms with Gasteiger partial charge in [0.05, 0.1) is 0 Å². The molecule has 3 N–H and O–H groups in total. The molecule has 1 saturated heterocycles. The molecule has 3 fully saturated rings. The van der Waals surface area contributed by atoms with Crippen LogP contribution in [0.25, 0.3) is 0 Å². The highest BCUT2D eigenvalue weighted by Gasteiger charge is 2.31. The summed E-state index contributed by atoms with van der Waals surface area (Å²) in [5.41, 5.74) is 0. The average molecular weight is 336 g/mol. The number of nitrogens with one attached hydrogen (secondary N) is 3. The molecule has 8 heteroatoms. The van der Waals surface area contributed by atoms with Gasteiger partial charge in [-0.3, -0.25) is 4.79 Å². The molecule has 2 saturated carbocycles. The van der Waals surface area contributed by atoms with Crippen LogP contribution in [0.5, 0.6) is 0 Å². The maximum Gasteiger partial charge on any atom is 0.315 e. The Morgan fingerprint density at radius 2 is 1.62 bits per heavy atom. The molecular weight excluding hydrogens is 308 g/mol. The second-order valence-electron chi connectivity index (χ2n) is 7.17. The molecule has 134 valence electrons. The molecule has 1 atom stereocenters. The van der Waals surface area contributed by atoms with Crippen molar-refractivity contribution in [2.24, 2.45) is 4.99 Å². The number of urea groups is 1. The number of guanidine groups is 1. The molecule has 0 radical (unpaired) electrons. The van der Waals surface area contributed by atoms with Crippen LogP contribution in [0.2, 0.25) is 0 Å². The Hall–Kier alpha value is -1.99. The highest BCUT2D eigenvalue weighted by atomic mass is 16.2. The average Bonchev–Trinajstić information content (AvgIpc) is 3.45. The number of amides is 3. The molecule has 0 bridgehead atoms. The number of rotatable bonds is 5. The van der Waals surface area contributed by atoms with Crippen LogP contribution < -0.4 is 16.0 Å². The summed E-state index contributed by atoms with van der Waals surface area (Å²) in [6, 6.07) is 0.900. The van der Waals surface area contributed by atoms with Crippen LogP contribution >= 0.6 is 0 Å². The smallest absolute Gasteiger partial charge is 0.315 e. The van der Waals surface area contributed by atoms with Crippen molar-refractivity contribution in [1.29, 1.82) is 0 Å². The summed E-state index contributed by atoms with van der Waals surface area (Å²) in [4.78, 5) is 31.8. The van der Waals surface area contributed by atoms with Gasteiger partial charge >= 0.3 is 6.03 Å². The Morgan fingerprint density at radius 3 is 2.25 bits per heavy atom. The fraction of sp³-hybridized carbons (Fsp3) is 0.812. The van der Waals surface area contributed by atoms with E-state index < -0.39 is 0 Å². The van der Waals surface area contributed by atoms with Crippen LogP contribution in [-0.2, 0) is 4.79 Å². The van der Waals surface area contributed by atoms with Crippen molar-refractivity contribution >= 4 is 17.9 Å². The fourth-order valence-electron chi connectivity index (χ4n) is 2.64. The zero-order chi connectivity index (χ0) is 17.1. The van der Waals surface area contributed by atoms with E-state index in [1.165, 1.54) is 0 Å². The second kappa shape index (κ2) is 7.27. The van der Waals surface area contributed by atoms with Crippen molar-refractivity contribution in [3.05, 3.63) is 0 Å². The molecule has 0 aromatic rings. The molecule has 2 aliphatic carbocycles. The molecule has 8 nitrogen and oxygen atoms in total. The van der Waals surface area contributed by atoms with Gasteiger partial charge < -0.3 is 25.8 Å². The Kier molecular flexibility index (Phi) is 5.11. The highest BCUT2D eigenvalue weighted by Crippen LogP contribution is 2.20. The van der Waals surface area contributed by atoms with E-state index in [4.69, 9.17) is 0 Å². The maximum absolute atomic E-state index is 11.9. The van der Waals surface area contributed by atoms with Crippen molar-refractivity contribution in [2.75, 3.05) is 33.7 Å². The van der Waals surface area contributed by atoms with Gasteiger partial charge in [-0.2, -0.15) is 0 Å². The van der Waals surface area contributed by atoms with Crippen LogP contribution in [0.4, 0.5) is 4.79 Å². The summed E-state index contributed by atoms with van der Waals surface area (Å²) < 4.78 is 0. The summed E-state index contributed by atoms with van der Waals surface area (Å²) in [6.45, 7) is 1.72. The summed E-state index contributed by atoms with van der Waals surface area (Å²) >= 11 is 0. The largest absolute Gasteiger partial charge is 0.353 e. The van der Waals surface area contributed by atoms with Gasteiger partial charge in [-0.1, -0.05) is 0 Å². The molecule has 1 unspecified atom stereocenters. The Labute approximate surface area is 143 Å². The Morgan fingerprint density at radius 1 is 1.00 bits per heavy atom. The monoisotopic (exact) mass is 336 g/mol. The highest BCUT2D eigenvalue weighted by molar-refractivity contribution is 5.85. The molecule has 3 rings (SSSR count). The molecular formula is C16H28N6O2. The van der Waals surface area contributed by atoms with Crippen molar-refractivity contribution in [3.63, 3.8) is 0 Å². The number of carbonyl (C=O) groups excluding carboxylic acids is 2. The van der Waals surface area contributed by atoms with Crippen LogP contribution in [0, 0.1) is 0 Å². The standard InChI is InChI=1S/C16H28N6O2/c1-21(2)14(23)9-17-15(18-11-3-4-11)22-8-7-13(10-22)20-16(24)19-12-5-6-12/h11-13H,3-10H2,1-2H3,(H,17,18)(H2,19,20,24). The molecule has 3 aliphatic rings. The number of aliphatic imine (C=N–C) groups is 1. The minimum atomic E-state index is -0.0687. The lowest BCUT2D eigenvalue weighted by Gasteiger charge is -2.22. The van der Waals surface area contributed by atoms with Gasteiger partial charge in [0.25, 0.3) is 0 Å². The van der Waals surface area contributed by atoms with E-state index in [0.29, 0.717) is 12.1 Å². The first-order valence-electron chi connectivity index (χ1n) is 8.84. The quantitative estimate of drug-likeness (QED) is 0.476. The first-order valence-corrected chi connectivity index (χ1v) is 8.84. The van der Waals surface area contributed by atoms with E-state index in [9.17, 15) is 9.59 Å². The predicted molar refractivity (Wildman–Crippen MR) is 91.8 cm³/mol. The van der Waals surface area contributed by atoms with E-state index in [2.05, 4.69) is 25.8 Å². The van der Waals surface area contributed by atoms with Crippen molar-refractivity contribution in [1.82, 2.24) is 25.8 Å². The van der Waals surface area contributed by atoms with E-state index in [1.807, 2.05) is 0 Å². The topological polar surface area (TPSA) is 89.1 Å². The van der Waals surface area contributed by atoms with Gasteiger partial charge in [0, 0.05) is 45.3 Å². The van der Waals surface area contributed by atoms with Crippen LogP contribution in [0.15, 0.2) is 4.99 Å². The summed E-state index contributed by atoms with van der Waals surface area (Å²) in [6.07, 6.45) is 5.38. The predicted octanol–water partition coefficient (Wildman–Crippen LogP) is -0.281. The van der Waals surface area contributed by atoms with E-state index in [1.54, 1.807) is 19.0 Å². The molecule has 1 heterocycles. The van der Waals surface area contributed by atoms with Gasteiger partial charge in [0.15, 0.2) is 5.96 Å². The van der Waals surface area contributed by atoms with Gasteiger partial charge in [-0.25, -0.2) is 9.79 Å².